The van der Waals surface area contributed by atoms with E-state index in [9.17, 15) is 9.59 Å². The predicted molar refractivity (Wildman–Crippen MR) is 100 cm³/mol. The highest BCUT2D eigenvalue weighted by atomic mass is 16.5. The van der Waals surface area contributed by atoms with Gasteiger partial charge in [-0.05, 0) is 45.0 Å². The third-order valence-corrected chi connectivity index (χ3v) is 3.93. The molecule has 7 heteroatoms. The van der Waals surface area contributed by atoms with Crippen molar-refractivity contribution >= 4 is 22.7 Å². The summed E-state index contributed by atoms with van der Waals surface area (Å²) in [6, 6.07) is 11.3. The van der Waals surface area contributed by atoms with Crippen LogP contribution >= 0.6 is 0 Å². The van der Waals surface area contributed by atoms with Crippen molar-refractivity contribution in [2.24, 2.45) is 0 Å². The first-order valence-corrected chi connectivity index (χ1v) is 8.71. The van der Waals surface area contributed by atoms with E-state index in [-0.39, 0.29) is 25.4 Å². The molecule has 27 heavy (non-hydrogen) atoms. The molecular weight excluding hydrogens is 346 g/mol. The van der Waals surface area contributed by atoms with Crippen LogP contribution in [-0.2, 0) is 14.3 Å². The molecule has 0 saturated heterocycles. The van der Waals surface area contributed by atoms with Gasteiger partial charge in [0.15, 0.2) is 11.6 Å². The molecule has 2 heterocycles. The van der Waals surface area contributed by atoms with Gasteiger partial charge in [0.05, 0.1) is 12.3 Å². The monoisotopic (exact) mass is 367 g/mol. The van der Waals surface area contributed by atoms with E-state index >= 15 is 0 Å². The van der Waals surface area contributed by atoms with Crippen molar-refractivity contribution in [3.05, 3.63) is 47.8 Å². The maximum atomic E-state index is 11.9. The van der Waals surface area contributed by atoms with Crippen LogP contribution in [0.2, 0.25) is 0 Å². The Bertz CT molecular complexity index is 994. The summed E-state index contributed by atoms with van der Waals surface area (Å²) in [4.78, 5) is 28.0. The number of carbonyl (C=O) groups is 2. The quantitative estimate of drug-likeness (QED) is 0.472. The van der Waals surface area contributed by atoms with E-state index in [1.165, 1.54) is 0 Å². The molecule has 0 atom stereocenters. The number of aromatic nitrogens is 3. The summed E-state index contributed by atoms with van der Waals surface area (Å²) in [5.74, 6) is 0.254. The lowest BCUT2D eigenvalue weighted by molar-refractivity contribution is -0.145. The Balaban J connectivity index is 1.83. The lowest BCUT2D eigenvalue weighted by Gasteiger charge is -2.10. The number of pyridine rings is 1. The average Bonchev–Trinajstić information content (AvgIpc) is 2.98. The molecular formula is C20H21N3O4. The molecule has 7 nitrogen and oxygen atoms in total. The molecule has 0 amide bonds. The Morgan fingerprint density at radius 1 is 1.15 bits per heavy atom. The van der Waals surface area contributed by atoms with Crippen molar-refractivity contribution in [3.63, 3.8) is 0 Å². The number of esters is 1. The van der Waals surface area contributed by atoms with Crippen LogP contribution in [0.5, 0.6) is 5.75 Å². The Morgan fingerprint density at radius 3 is 2.67 bits per heavy atom. The van der Waals surface area contributed by atoms with Crippen molar-refractivity contribution in [2.75, 3.05) is 13.2 Å². The summed E-state index contributed by atoms with van der Waals surface area (Å²) in [5.41, 5.74) is 2.51. The number of nitrogens with zero attached hydrogens (tertiary/aromatic N) is 3. The maximum absolute atomic E-state index is 11.9. The molecule has 0 N–H and O–H groups in total. The molecule has 0 spiro atoms. The van der Waals surface area contributed by atoms with Crippen LogP contribution in [-0.4, -0.2) is 39.7 Å². The van der Waals surface area contributed by atoms with Crippen molar-refractivity contribution in [2.45, 2.75) is 27.2 Å². The van der Waals surface area contributed by atoms with Gasteiger partial charge in [-0.3, -0.25) is 9.59 Å². The fourth-order valence-electron chi connectivity index (χ4n) is 2.79. The molecule has 0 radical (unpaired) electrons. The highest BCUT2D eigenvalue weighted by Gasteiger charge is 2.13. The topological polar surface area (TPSA) is 83.3 Å². The zero-order valence-corrected chi connectivity index (χ0v) is 15.6. The smallest absolute Gasteiger partial charge is 0.313 e. The summed E-state index contributed by atoms with van der Waals surface area (Å²) in [6.07, 6.45) is -0.303. The molecule has 0 fully saturated rings. The Hall–Kier alpha value is -3.22. The van der Waals surface area contributed by atoms with E-state index in [1.807, 2.05) is 44.2 Å². The van der Waals surface area contributed by atoms with Gasteiger partial charge in [0.25, 0.3) is 0 Å². The van der Waals surface area contributed by atoms with Crippen molar-refractivity contribution in [1.82, 2.24) is 14.8 Å². The van der Waals surface area contributed by atoms with Crippen LogP contribution < -0.4 is 4.74 Å². The largest absolute Gasteiger partial charge is 0.484 e. The number of rotatable bonds is 7. The molecule has 0 aliphatic carbocycles. The predicted octanol–water partition coefficient (Wildman–Crippen LogP) is 2.94. The summed E-state index contributed by atoms with van der Waals surface area (Å²) in [6.45, 7) is 5.61. The molecule has 2 aromatic heterocycles. The number of fused-ring (bicyclic) bond motifs is 1. The molecule has 0 aliphatic heterocycles. The van der Waals surface area contributed by atoms with E-state index in [1.54, 1.807) is 17.7 Å². The lowest BCUT2D eigenvalue weighted by Crippen LogP contribution is -2.17. The third-order valence-electron chi connectivity index (χ3n) is 3.93. The highest BCUT2D eigenvalue weighted by molar-refractivity contribution is 5.96. The van der Waals surface area contributed by atoms with Gasteiger partial charge >= 0.3 is 5.97 Å². The minimum Gasteiger partial charge on any atom is -0.484 e. The van der Waals surface area contributed by atoms with E-state index < -0.39 is 5.97 Å². The molecule has 140 valence electrons. The van der Waals surface area contributed by atoms with Crippen molar-refractivity contribution in [1.29, 1.82) is 0 Å². The number of para-hydroxylation sites is 1. The molecule has 0 bridgehead atoms. The lowest BCUT2D eigenvalue weighted by atomic mass is 10.2. The summed E-state index contributed by atoms with van der Waals surface area (Å²) >= 11 is 0. The Kier molecular flexibility index (Phi) is 5.49. The number of benzene rings is 1. The number of aryl methyl sites for hydroxylation is 2. The van der Waals surface area contributed by atoms with Crippen LogP contribution in [0.25, 0.3) is 16.7 Å². The van der Waals surface area contributed by atoms with Crippen LogP contribution in [0.4, 0.5) is 0 Å². The number of hydrogen-bond acceptors (Lipinski definition) is 6. The van der Waals surface area contributed by atoms with Crippen LogP contribution in [0, 0.1) is 13.8 Å². The van der Waals surface area contributed by atoms with Gasteiger partial charge in [-0.2, -0.15) is 5.10 Å². The fraction of sp³-hybridized carbons (Fsp3) is 0.300. The molecule has 0 aliphatic rings. The van der Waals surface area contributed by atoms with Gasteiger partial charge in [-0.1, -0.05) is 12.1 Å². The second-order valence-electron chi connectivity index (χ2n) is 6.15. The SMILES string of the molecule is CCOC(=O)CC(=O)COc1cccc2ccc(-n3nc(C)cc3C)nc12. The van der Waals surface area contributed by atoms with Crippen molar-refractivity contribution in [3.8, 4) is 11.6 Å². The molecule has 0 unspecified atom stereocenters. The number of ketones is 1. The van der Waals surface area contributed by atoms with Gasteiger partial charge in [0.2, 0.25) is 0 Å². The van der Waals surface area contributed by atoms with Crippen LogP contribution in [0.3, 0.4) is 0 Å². The minimum absolute atomic E-state index is 0.219. The molecule has 3 aromatic rings. The number of carbonyl (C=O) groups excluding carboxylic acids is 2. The zero-order valence-electron chi connectivity index (χ0n) is 15.6. The number of ether oxygens (including phenoxy) is 2. The normalized spacial score (nSPS) is 10.8. The first-order chi connectivity index (χ1) is 13.0. The van der Waals surface area contributed by atoms with Gasteiger partial charge in [-0.15, -0.1) is 0 Å². The zero-order chi connectivity index (χ0) is 19.4. The van der Waals surface area contributed by atoms with Gasteiger partial charge in [-0.25, -0.2) is 9.67 Å². The first-order valence-electron chi connectivity index (χ1n) is 8.71. The minimum atomic E-state index is -0.547. The summed E-state index contributed by atoms with van der Waals surface area (Å²) < 4.78 is 12.2. The maximum Gasteiger partial charge on any atom is 0.313 e. The standard InChI is InChI=1S/C20H21N3O4/c1-4-26-19(25)11-16(24)12-27-17-7-5-6-15-8-9-18(21-20(15)17)23-14(3)10-13(2)22-23/h5-10H,4,11-12H2,1-3H3. The second-order valence-corrected chi connectivity index (χ2v) is 6.15. The second kappa shape index (κ2) is 7.99. The van der Waals surface area contributed by atoms with Crippen LogP contribution in [0.15, 0.2) is 36.4 Å². The Morgan fingerprint density at radius 2 is 1.96 bits per heavy atom. The van der Waals surface area contributed by atoms with Gasteiger partial charge in [0, 0.05) is 11.1 Å². The average molecular weight is 367 g/mol. The van der Waals surface area contributed by atoms with E-state index in [0.29, 0.717) is 17.1 Å². The highest BCUT2D eigenvalue weighted by Crippen LogP contribution is 2.25. The first kappa shape index (κ1) is 18.6. The fourth-order valence-corrected chi connectivity index (χ4v) is 2.79. The van der Waals surface area contributed by atoms with Crippen LogP contribution in [0.1, 0.15) is 24.7 Å². The molecule has 0 saturated carbocycles. The summed E-state index contributed by atoms with van der Waals surface area (Å²) in [7, 11) is 0. The molecule has 3 rings (SSSR count). The van der Waals surface area contributed by atoms with Gasteiger partial charge < -0.3 is 9.47 Å². The van der Waals surface area contributed by atoms with Gasteiger partial charge in [0.1, 0.15) is 24.3 Å². The molecule has 1 aromatic carbocycles. The van der Waals surface area contributed by atoms with Crippen molar-refractivity contribution < 1.29 is 19.1 Å². The third kappa shape index (κ3) is 4.31. The Labute approximate surface area is 156 Å². The number of Topliss-reactive ketones (excluding diaryl/α,β-unsaturated/α-hetero) is 1. The summed E-state index contributed by atoms with van der Waals surface area (Å²) in [5, 5.41) is 5.33. The van der Waals surface area contributed by atoms with E-state index in [2.05, 4.69) is 10.1 Å². The van der Waals surface area contributed by atoms with E-state index in [0.717, 1.165) is 16.8 Å². The van der Waals surface area contributed by atoms with E-state index in [4.69, 9.17) is 9.47 Å². The number of hydrogen-bond donors (Lipinski definition) is 0.